The summed E-state index contributed by atoms with van der Waals surface area (Å²) in [4.78, 5) is 12.6. The summed E-state index contributed by atoms with van der Waals surface area (Å²) in [6, 6.07) is 13.0. The van der Waals surface area contributed by atoms with Crippen LogP contribution >= 0.6 is 0 Å². The third-order valence-electron chi connectivity index (χ3n) is 5.43. The fourth-order valence-electron chi connectivity index (χ4n) is 4.15. The monoisotopic (exact) mass is 398 g/mol. The van der Waals surface area contributed by atoms with Crippen LogP contribution in [0, 0.1) is 20.8 Å². The lowest BCUT2D eigenvalue weighted by atomic mass is 9.92. The zero-order valence-corrected chi connectivity index (χ0v) is 17.4. The Kier molecular flexibility index (Phi) is 4.28. The molecule has 0 saturated heterocycles. The Bertz CT molecular complexity index is 1380. The van der Waals surface area contributed by atoms with E-state index in [-0.39, 0.29) is 0 Å². The van der Waals surface area contributed by atoms with Crippen molar-refractivity contribution in [2.75, 3.05) is 6.61 Å². The standard InChI is InChI=1S/C24H22N4O2/c1-5-29-24-26-20-12-16(22-14(3)28-30-15(22)4)11-18(23(20)27-24)21-13(2)8-9-19-17(21)7-6-10-25-19/h6-12H,5H2,1-4H3,(H,26,27). The Labute approximate surface area is 173 Å². The molecule has 0 saturated carbocycles. The third kappa shape index (κ3) is 2.84. The number of aromatic nitrogens is 4. The van der Waals surface area contributed by atoms with Crippen LogP contribution in [-0.4, -0.2) is 26.7 Å². The fourth-order valence-corrected chi connectivity index (χ4v) is 4.15. The van der Waals surface area contributed by atoms with E-state index in [2.05, 4.69) is 52.4 Å². The van der Waals surface area contributed by atoms with Gasteiger partial charge >= 0.3 is 0 Å². The lowest BCUT2D eigenvalue weighted by Gasteiger charge is -2.13. The van der Waals surface area contributed by atoms with Crippen molar-refractivity contribution >= 4 is 21.9 Å². The first-order chi connectivity index (χ1) is 14.6. The highest BCUT2D eigenvalue weighted by Crippen LogP contribution is 2.40. The Morgan fingerprint density at radius 1 is 1.07 bits per heavy atom. The molecule has 0 aliphatic heterocycles. The SMILES string of the molecule is CCOc1nc2c(-c3c(C)ccc4ncccc34)cc(-c3c(C)noc3C)cc2[nH]1. The maximum atomic E-state index is 5.67. The lowest BCUT2D eigenvalue weighted by molar-refractivity contribution is 0.317. The molecule has 30 heavy (non-hydrogen) atoms. The Morgan fingerprint density at radius 3 is 2.70 bits per heavy atom. The molecule has 6 heteroatoms. The van der Waals surface area contributed by atoms with Crippen molar-refractivity contribution in [2.45, 2.75) is 27.7 Å². The number of pyridine rings is 1. The zero-order chi connectivity index (χ0) is 20.8. The lowest BCUT2D eigenvalue weighted by Crippen LogP contribution is -1.92. The Morgan fingerprint density at radius 2 is 1.93 bits per heavy atom. The summed E-state index contributed by atoms with van der Waals surface area (Å²) < 4.78 is 11.1. The van der Waals surface area contributed by atoms with Crippen LogP contribution in [0.25, 0.3) is 44.2 Å². The molecule has 0 atom stereocenters. The second-order valence-electron chi connectivity index (χ2n) is 7.42. The van der Waals surface area contributed by atoms with E-state index in [1.807, 2.05) is 33.0 Å². The number of ether oxygens (including phenoxy) is 1. The molecule has 5 aromatic rings. The maximum Gasteiger partial charge on any atom is 0.294 e. The molecule has 0 fully saturated rings. The van der Waals surface area contributed by atoms with Crippen LogP contribution in [0.3, 0.4) is 0 Å². The molecule has 0 spiro atoms. The number of imidazole rings is 1. The van der Waals surface area contributed by atoms with Crippen LogP contribution in [0.1, 0.15) is 23.9 Å². The highest BCUT2D eigenvalue weighted by molar-refractivity contribution is 6.05. The number of aromatic amines is 1. The van der Waals surface area contributed by atoms with Crippen molar-refractivity contribution in [3.63, 3.8) is 0 Å². The van der Waals surface area contributed by atoms with Crippen LogP contribution in [0.5, 0.6) is 6.01 Å². The second kappa shape index (κ2) is 6.99. The summed E-state index contributed by atoms with van der Waals surface area (Å²) in [6.07, 6.45) is 1.82. The normalized spacial score (nSPS) is 11.5. The van der Waals surface area contributed by atoms with Gasteiger partial charge in [-0.3, -0.25) is 4.98 Å². The first-order valence-electron chi connectivity index (χ1n) is 10.0. The molecule has 3 aromatic heterocycles. The maximum absolute atomic E-state index is 5.67. The van der Waals surface area contributed by atoms with Gasteiger partial charge < -0.3 is 14.2 Å². The highest BCUT2D eigenvalue weighted by Gasteiger charge is 2.19. The molecule has 0 aliphatic rings. The van der Waals surface area contributed by atoms with E-state index in [1.165, 1.54) is 0 Å². The van der Waals surface area contributed by atoms with E-state index >= 15 is 0 Å². The Hall–Kier alpha value is -3.67. The predicted molar refractivity (Wildman–Crippen MR) is 118 cm³/mol. The number of hydrogen-bond donors (Lipinski definition) is 1. The van der Waals surface area contributed by atoms with Crippen molar-refractivity contribution in [3.8, 4) is 28.3 Å². The quantitative estimate of drug-likeness (QED) is 0.417. The zero-order valence-electron chi connectivity index (χ0n) is 17.4. The minimum atomic E-state index is 0.515. The molecule has 0 amide bonds. The summed E-state index contributed by atoms with van der Waals surface area (Å²) in [6.45, 7) is 8.51. The molecule has 0 unspecified atom stereocenters. The average Bonchev–Trinajstić information content (AvgIpc) is 3.29. The molecule has 0 bridgehead atoms. The average molecular weight is 398 g/mol. The van der Waals surface area contributed by atoms with Crippen LogP contribution in [0.4, 0.5) is 0 Å². The molecular formula is C24H22N4O2. The number of nitrogens with one attached hydrogen (secondary N) is 1. The van der Waals surface area contributed by atoms with Crippen molar-refractivity contribution in [3.05, 3.63) is 59.6 Å². The van der Waals surface area contributed by atoms with Crippen molar-refractivity contribution in [1.82, 2.24) is 20.1 Å². The molecule has 0 aliphatic carbocycles. The number of H-pyrrole nitrogens is 1. The van der Waals surface area contributed by atoms with E-state index < -0.39 is 0 Å². The minimum Gasteiger partial charge on any atom is -0.465 e. The number of hydrogen-bond acceptors (Lipinski definition) is 5. The van der Waals surface area contributed by atoms with Crippen LogP contribution in [0.2, 0.25) is 0 Å². The first kappa shape index (κ1) is 18.4. The molecule has 1 N–H and O–H groups in total. The van der Waals surface area contributed by atoms with Gasteiger partial charge in [0.1, 0.15) is 11.3 Å². The molecule has 3 heterocycles. The second-order valence-corrected chi connectivity index (χ2v) is 7.42. The van der Waals surface area contributed by atoms with Gasteiger partial charge in [-0.05, 0) is 68.7 Å². The summed E-state index contributed by atoms with van der Waals surface area (Å²) in [5, 5.41) is 5.23. The smallest absolute Gasteiger partial charge is 0.294 e. The largest absolute Gasteiger partial charge is 0.465 e. The summed E-state index contributed by atoms with van der Waals surface area (Å²) in [5.74, 6) is 0.790. The van der Waals surface area contributed by atoms with Crippen molar-refractivity contribution < 1.29 is 9.26 Å². The van der Waals surface area contributed by atoms with E-state index in [0.717, 1.165) is 61.2 Å². The fraction of sp³-hybridized carbons (Fsp3) is 0.208. The van der Waals surface area contributed by atoms with Crippen LogP contribution < -0.4 is 4.74 Å². The van der Waals surface area contributed by atoms with Gasteiger partial charge in [0.25, 0.3) is 6.01 Å². The first-order valence-corrected chi connectivity index (χ1v) is 10.0. The number of benzene rings is 2. The van der Waals surface area contributed by atoms with E-state index in [0.29, 0.717) is 12.6 Å². The third-order valence-corrected chi connectivity index (χ3v) is 5.43. The van der Waals surface area contributed by atoms with Gasteiger partial charge in [0.05, 0.1) is 23.3 Å². The van der Waals surface area contributed by atoms with Gasteiger partial charge in [-0.15, -0.1) is 0 Å². The van der Waals surface area contributed by atoms with Gasteiger partial charge in [0.15, 0.2) is 0 Å². The van der Waals surface area contributed by atoms with Gasteiger partial charge in [0, 0.05) is 22.7 Å². The number of aryl methyl sites for hydroxylation is 3. The summed E-state index contributed by atoms with van der Waals surface area (Å²) >= 11 is 0. The topological polar surface area (TPSA) is 76.8 Å². The van der Waals surface area contributed by atoms with E-state index in [4.69, 9.17) is 14.2 Å². The predicted octanol–water partition coefficient (Wildman–Crippen LogP) is 5.76. The molecule has 2 aromatic carbocycles. The number of fused-ring (bicyclic) bond motifs is 2. The molecule has 5 rings (SSSR count). The molecule has 150 valence electrons. The summed E-state index contributed by atoms with van der Waals surface area (Å²) in [7, 11) is 0. The van der Waals surface area contributed by atoms with Gasteiger partial charge in [-0.1, -0.05) is 17.3 Å². The minimum absolute atomic E-state index is 0.515. The van der Waals surface area contributed by atoms with Crippen LogP contribution in [-0.2, 0) is 0 Å². The molecule has 0 radical (unpaired) electrons. The number of rotatable bonds is 4. The van der Waals surface area contributed by atoms with Gasteiger partial charge in [0.2, 0.25) is 0 Å². The van der Waals surface area contributed by atoms with Crippen molar-refractivity contribution in [1.29, 1.82) is 0 Å². The summed E-state index contributed by atoms with van der Waals surface area (Å²) in [5.41, 5.74) is 8.93. The van der Waals surface area contributed by atoms with E-state index in [9.17, 15) is 0 Å². The highest BCUT2D eigenvalue weighted by atomic mass is 16.5. The van der Waals surface area contributed by atoms with Crippen molar-refractivity contribution in [2.24, 2.45) is 0 Å². The van der Waals surface area contributed by atoms with E-state index in [1.54, 1.807) is 0 Å². The Balaban J connectivity index is 1.89. The number of nitrogens with zero attached hydrogens (tertiary/aromatic N) is 3. The van der Waals surface area contributed by atoms with Gasteiger partial charge in [-0.2, -0.15) is 4.98 Å². The molecular weight excluding hydrogens is 376 g/mol. The molecule has 6 nitrogen and oxygen atoms in total. The van der Waals surface area contributed by atoms with Gasteiger partial charge in [-0.25, -0.2) is 0 Å². The van der Waals surface area contributed by atoms with Crippen LogP contribution in [0.15, 0.2) is 47.1 Å².